The quantitative estimate of drug-likeness (QED) is 0.900. The van der Waals surface area contributed by atoms with Gasteiger partial charge in [0.25, 0.3) is 5.91 Å². The van der Waals surface area contributed by atoms with Crippen molar-refractivity contribution >= 4 is 21.6 Å². The maximum atomic E-state index is 12.7. The second kappa shape index (κ2) is 5.31. The third-order valence-corrected chi connectivity index (χ3v) is 5.94. The Morgan fingerprint density at radius 1 is 1.33 bits per heavy atom. The van der Waals surface area contributed by atoms with Crippen LogP contribution in [0, 0.1) is 0 Å². The minimum Gasteiger partial charge on any atom is -0.482 e. The van der Waals surface area contributed by atoms with Crippen LogP contribution < -0.4 is 10.1 Å². The molecule has 2 aliphatic rings. The zero-order chi connectivity index (χ0) is 15.0. The molecule has 1 N–H and O–H groups in total. The lowest BCUT2D eigenvalue weighted by Gasteiger charge is -2.32. The molecule has 114 valence electrons. The zero-order valence-corrected chi connectivity index (χ0v) is 12.6. The lowest BCUT2D eigenvalue weighted by Crippen LogP contribution is -2.42. The van der Waals surface area contributed by atoms with Crippen LogP contribution in [-0.4, -0.2) is 37.8 Å². The van der Waals surface area contributed by atoms with Gasteiger partial charge in [0.05, 0.1) is 10.6 Å². The third-order valence-electron chi connectivity index (χ3n) is 3.93. The summed E-state index contributed by atoms with van der Waals surface area (Å²) in [4.78, 5) is 11.5. The van der Waals surface area contributed by atoms with Gasteiger partial charge >= 0.3 is 0 Å². The molecule has 6 nitrogen and oxygen atoms in total. The van der Waals surface area contributed by atoms with E-state index < -0.39 is 10.0 Å². The summed E-state index contributed by atoms with van der Waals surface area (Å²) in [5, 5.41) is 2.64. The van der Waals surface area contributed by atoms with Crippen molar-refractivity contribution in [3.63, 3.8) is 0 Å². The van der Waals surface area contributed by atoms with Crippen molar-refractivity contribution in [1.82, 2.24) is 4.31 Å². The van der Waals surface area contributed by atoms with E-state index in [2.05, 4.69) is 5.32 Å². The second-order valence-corrected chi connectivity index (χ2v) is 7.35. The zero-order valence-electron chi connectivity index (χ0n) is 11.8. The largest absolute Gasteiger partial charge is 0.482 e. The number of carbonyl (C=O) groups is 1. The topological polar surface area (TPSA) is 75.7 Å². The first-order chi connectivity index (χ1) is 9.98. The number of amides is 1. The maximum absolute atomic E-state index is 12.7. The molecule has 0 saturated carbocycles. The van der Waals surface area contributed by atoms with Crippen LogP contribution >= 0.6 is 0 Å². The molecule has 7 heteroatoms. The number of carbonyl (C=O) groups excluding carboxylic acids is 1. The summed E-state index contributed by atoms with van der Waals surface area (Å²) in [7, 11) is -3.54. The Kier molecular flexibility index (Phi) is 3.62. The SMILES string of the molecule is C[C@H]1CCCCN1S(=O)(=O)c1ccc2c(c1)NC(=O)CO2. The number of anilines is 1. The molecule has 0 spiro atoms. The Bertz CT molecular complexity index is 672. The van der Waals surface area contributed by atoms with Gasteiger partial charge in [-0.2, -0.15) is 4.31 Å². The Labute approximate surface area is 124 Å². The van der Waals surface area contributed by atoms with Crippen molar-refractivity contribution in [3.05, 3.63) is 18.2 Å². The summed E-state index contributed by atoms with van der Waals surface area (Å²) < 4.78 is 32.3. The second-order valence-electron chi connectivity index (χ2n) is 5.46. The van der Waals surface area contributed by atoms with Gasteiger partial charge < -0.3 is 10.1 Å². The highest BCUT2D eigenvalue weighted by molar-refractivity contribution is 7.89. The van der Waals surface area contributed by atoms with E-state index in [9.17, 15) is 13.2 Å². The first-order valence-electron chi connectivity index (χ1n) is 7.07. The smallest absolute Gasteiger partial charge is 0.262 e. The van der Waals surface area contributed by atoms with Crippen molar-refractivity contribution in [2.24, 2.45) is 0 Å². The van der Waals surface area contributed by atoms with Gasteiger partial charge in [-0.15, -0.1) is 0 Å². The van der Waals surface area contributed by atoms with Gasteiger partial charge in [0.2, 0.25) is 10.0 Å². The van der Waals surface area contributed by atoms with Crippen LogP contribution in [0.4, 0.5) is 5.69 Å². The van der Waals surface area contributed by atoms with E-state index in [0.29, 0.717) is 18.0 Å². The van der Waals surface area contributed by atoms with E-state index in [-0.39, 0.29) is 23.5 Å². The van der Waals surface area contributed by atoms with E-state index in [1.54, 1.807) is 10.4 Å². The predicted molar refractivity (Wildman–Crippen MR) is 77.8 cm³/mol. The van der Waals surface area contributed by atoms with Crippen LogP contribution in [0.25, 0.3) is 0 Å². The normalized spacial score (nSPS) is 23.1. The molecular formula is C14H18N2O4S. The van der Waals surface area contributed by atoms with Crippen molar-refractivity contribution in [2.45, 2.75) is 37.1 Å². The van der Waals surface area contributed by atoms with Gasteiger partial charge in [0.1, 0.15) is 5.75 Å². The molecule has 1 atom stereocenters. The number of nitrogens with zero attached hydrogens (tertiary/aromatic N) is 1. The van der Waals surface area contributed by atoms with E-state index in [4.69, 9.17) is 4.74 Å². The molecule has 1 fully saturated rings. The van der Waals surface area contributed by atoms with E-state index in [1.807, 2.05) is 6.92 Å². The number of piperidine rings is 1. The fraction of sp³-hybridized carbons (Fsp3) is 0.500. The van der Waals surface area contributed by atoms with Crippen molar-refractivity contribution < 1.29 is 17.9 Å². The van der Waals surface area contributed by atoms with Crippen LogP contribution in [0.5, 0.6) is 5.75 Å². The monoisotopic (exact) mass is 310 g/mol. The molecule has 21 heavy (non-hydrogen) atoms. The Morgan fingerprint density at radius 2 is 2.14 bits per heavy atom. The molecule has 0 aromatic heterocycles. The summed E-state index contributed by atoms with van der Waals surface area (Å²) in [6, 6.07) is 4.61. The molecular weight excluding hydrogens is 292 g/mol. The molecule has 0 aliphatic carbocycles. The van der Waals surface area contributed by atoms with E-state index in [1.165, 1.54) is 12.1 Å². The average Bonchev–Trinajstić information content (AvgIpc) is 2.46. The lowest BCUT2D eigenvalue weighted by atomic mass is 10.1. The van der Waals surface area contributed by atoms with E-state index in [0.717, 1.165) is 19.3 Å². The molecule has 1 aromatic rings. The summed E-state index contributed by atoms with van der Waals surface area (Å²) in [5.41, 5.74) is 0.414. The van der Waals surface area contributed by atoms with Crippen LogP contribution in [-0.2, 0) is 14.8 Å². The minimum absolute atomic E-state index is 0.00521. The highest BCUT2D eigenvalue weighted by Crippen LogP contribution is 2.32. The predicted octanol–water partition coefficient (Wildman–Crippen LogP) is 1.58. The van der Waals surface area contributed by atoms with Crippen LogP contribution in [0.15, 0.2) is 23.1 Å². The Hall–Kier alpha value is -1.60. The number of rotatable bonds is 2. The number of fused-ring (bicyclic) bond motifs is 1. The first kappa shape index (κ1) is 14.3. The maximum Gasteiger partial charge on any atom is 0.262 e. The molecule has 0 radical (unpaired) electrons. The average molecular weight is 310 g/mol. The van der Waals surface area contributed by atoms with Gasteiger partial charge in [0.15, 0.2) is 6.61 Å². The fourth-order valence-corrected chi connectivity index (χ4v) is 4.51. The van der Waals surface area contributed by atoms with Gasteiger partial charge in [-0.1, -0.05) is 6.42 Å². The van der Waals surface area contributed by atoms with Crippen molar-refractivity contribution in [2.75, 3.05) is 18.5 Å². The molecule has 0 unspecified atom stereocenters. The van der Waals surface area contributed by atoms with Gasteiger partial charge in [-0.25, -0.2) is 8.42 Å². The molecule has 2 aliphatic heterocycles. The number of sulfonamides is 1. The molecule has 1 amide bonds. The number of ether oxygens (including phenoxy) is 1. The van der Waals surface area contributed by atoms with E-state index >= 15 is 0 Å². The third kappa shape index (κ3) is 2.63. The van der Waals surface area contributed by atoms with Crippen molar-refractivity contribution in [3.8, 4) is 5.75 Å². The highest BCUT2D eigenvalue weighted by Gasteiger charge is 2.31. The number of nitrogens with one attached hydrogen (secondary N) is 1. The summed E-state index contributed by atoms with van der Waals surface area (Å²) in [6.07, 6.45) is 2.82. The Morgan fingerprint density at radius 3 is 2.90 bits per heavy atom. The minimum atomic E-state index is -3.54. The number of hydrogen-bond donors (Lipinski definition) is 1. The molecule has 3 rings (SSSR count). The van der Waals surface area contributed by atoms with Gasteiger partial charge in [-0.3, -0.25) is 4.79 Å². The lowest BCUT2D eigenvalue weighted by molar-refractivity contribution is -0.118. The molecule has 1 saturated heterocycles. The molecule has 1 aromatic carbocycles. The highest BCUT2D eigenvalue weighted by atomic mass is 32.2. The standard InChI is InChI=1S/C14H18N2O4S/c1-10-4-2-3-7-16(10)21(18,19)11-5-6-13-12(8-11)15-14(17)9-20-13/h5-6,8,10H,2-4,7,9H2,1H3,(H,15,17)/t10-/m0/s1. The first-order valence-corrected chi connectivity index (χ1v) is 8.51. The number of benzene rings is 1. The summed E-state index contributed by atoms with van der Waals surface area (Å²) >= 11 is 0. The molecule has 0 bridgehead atoms. The van der Waals surface area contributed by atoms with Crippen molar-refractivity contribution in [1.29, 1.82) is 0 Å². The summed E-state index contributed by atoms with van der Waals surface area (Å²) in [6.45, 7) is 2.44. The summed E-state index contributed by atoms with van der Waals surface area (Å²) in [5.74, 6) is 0.226. The van der Waals surface area contributed by atoms with Crippen LogP contribution in [0.1, 0.15) is 26.2 Å². The number of hydrogen-bond acceptors (Lipinski definition) is 4. The van der Waals surface area contributed by atoms with Crippen LogP contribution in [0.2, 0.25) is 0 Å². The van der Waals surface area contributed by atoms with Crippen LogP contribution in [0.3, 0.4) is 0 Å². The fourth-order valence-electron chi connectivity index (χ4n) is 2.79. The molecule has 2 heterocycles. The van der Waals surface area contributed by atoms with Gasteiger partial charge in [-0.05, 0) is 38.0 Å². The van der Waals surface area contributed by atoms with Gasteiger partial charge in [0, 0.05) is 12.6 Å². The Balaban J connectivity index is 1.95.